The number of carboxylic acid groups (broad SMARTS) is 1. The SMILES string of the molecule is O=PN(C(=O)O)N1CC1. The normalized spacial score (nSPS) is 17.8. The van der Waals surface area contributed by atoms with Crippen LogP contribution in [0.2, 0.25) is 0 Å². The second-order valence-corrected chi connectivity index (χ2v) is 2.15. The van der Waals surface area contributed by atoms with Crippen molar-refractivity contribution in [2.45, 2.75) is 0 Å². The lowest BCUT2D eigenvalue weighted by Crippen LogP contribution is -2.24. The number of amides is 1. The molecule has 0 saturated carbocycles. The molecular formula is C3H5N2O3P. The molecule has 1 aliphatic rings. The van der Waals surface area contributed by atoms with E-state index in [1.165, 1.54) is 5.01 Å². The molecule has 50 valence electrons. The minimum atomic E-state index is -1.18. The zero-order valence-corrected chi connectivity index (χ0v) is 5.41. The molecule has 0 aromatic heterocycles. The molecule has 1 saturated heterocycles. The predicted molar refractivity (Wildman–Crippen MR) is 29.0 cm³/mol. The van der Waals surface area contributed by atoms with E-state index < -0.39 is 14.7 Å². The smallest absolute Gasteiger partial charge is 0.432 e. The maximum absolute atomic E-state index is 10.1. The third-order valence-electron chi connectivity index (χ3n) is 0.940. The van der Waals surface area contributed by atoms with Crippen molar-refractivity contribution in [1.82, 2.24) is 9.79 Å². The van der Waals surface area contributed by atoms with E-state index in [9.17, 15) is 9.36 Å². The van der Waals surface area contributed by atoms with Crippen LogP contribution in [0.15, 0.2) is 0 Å². The van der Waals surface area contributed by atoms with Gasteiger partial charge < -0.3 is 5.11 Å². The molecule has 1 aliphatic heterocycles. The lowest BCUT2D eigenvalue weighted by molar-refractivity contribution is 0.133. The third-order valence-corrected chi connectivity index (χ3v) is 1.52. The van der Waals surface area contributed by atoms with Crippen LogP contribution in [0.1, 0.15) is 0 Å². The van der Waals surface area contributed by atoms with Crippen LogP contribution in [-0.2, 0) is 4.57 Å². The largest absolute Gasteiger partial charge is 0.463 e. The Hall–Kier alpha value is -0.670. The molecule has 0 aromatic rings. The number of carbonyl (C=O) groups is 1. The Kier molecular flexibility index (Phi) is 1.64. The molecule has 0 atom stereocenters. The predicted octanol–water partition coefficient (Wildman–Crippen LogP) is 0.404. The molecule has 0 aliphatic carbocycles. The van der Waals surface area contributed by atoms with Crippen LogP contribution >= 0.6 is 8.61 Å². The van der Waals surface area contributed by atoms with Gasteiger partial charge in [0, 0.05) is 13.1 Å². The summed E-state index contributed by atoms with van der Waals surface area (Å²) in [6.45, 7) is 1.36. The average molecular weight is 148 g/mol. The van der Waals surface area contributed by atoms with Gasteiger partial charge >= 0.3 is 14.7 Å². The molecule has 5 nitrogen and oxygen atoms in total. The molecule has 9 heavy (non-hydrogen) atoms. The van der Waals surface area contributed by atoms with E-state index in [0.717, 1.165) is 4.78 Å². The van der Waals surface area contributed by atoms with Crippen molar-refractivity contribution in [2.75, 3.05) is 13.1 Å². The van der Waals surface area contributed by atoms with Gasteiger partial charge in [-0.2, -0.15) is 4.78 Å². The number of nitrogens with zero attached hydrogens (tertiary/aromatic N) is 2. The quantitative estimate of drug-likeness (QED) is 0.455. The summed E-state index contributed by atoms with van der Waals surface area (Å²) < 4.78 is 10.8. The average Bonchev–Trinajstić information content (AvgIpc) is 2.50. The lowest BCUT2D eigenvalue weighted by atomic mass is 11.0. The maximum atomic E-state index is 10.1. The molecule has 0 unspecified atom stereocenters. The van der Waals surface area contributed by atoms with Crippen molar-refractivity contribution in [3.8, 4) is 0 Å². The molecule has 6 heteroatoms. The summed E-state index contributed by atoms with van der Waals surface area (Å²) in [6, 6.07) is 0. The van der Waals surface area contributed by atoms with Gasteiger partial charge in [-0.15, -0.1) is 0 Å². The lowest BCUT2D eigenvalue weighted by Gasteiger charge is -2.07. The summed E-state index contributed by atoms with van der Waals surface area (Å²) in [5.41, 5.74) is 0. The van der Waals surface area contributed by atoms with Crippen molar-refractivity contribution in [3.63, 3.8) is 0 Å². The van der Waals surface area contributed by atoms with Gasteiger partial charge in [-0.05, 0) is 0 Å². The highest BCUT2D eigenvalue weighted by molar-refractivity contribution is 7.21. The fraction of sp³-hybridized carbons (Fsp3) is 0.667. The van der Waals surface area contributed by atoms with Gasteiger partial charge in [-0.3, -0.25) is 0 Å². The van der Waals surface area contributed by atoms with Crippen molar-refractivity contribution in [1.29, 1.82) is 0 Å². The van der Waals surface area contributed by atoms with E-state index in [0.29, 0.717) is 13.1 Å². The first-order valence-electron chi connectivity index (χ1n) is 2.37. The number of hydrogen-bond donors (Lipinski definition) is 1. The number of hydrazine groups is 1. The van der Waals surface area contributed by atoms with Crippen molar-refractivity contribution >= 4 is 14.7 Å². The molecule has 0 spiro atoms. The van der Waals surface area contributed by atoms with Gasteiger partial charge in [-0.1, -0.05) is 0 Å². The zero-order valence-electron chi connectivity index (χ0n) is 4.52. The van der Waals surface area contributed by atoms with E-state index in [-0.39, 0.29) is 0 Å². The molecule has 0 bridgehead atoms. The van der Waals surface area contributed by atoms with E-state index in [2.05, 4.69) is 0 Å². The first kappa shape index (κ1) is 6.45. The van der Waals surface area contributed by atoms with Crippen LogP contribution in [0.25, 0.3) is 0 Å². The maximum Gasteiger partial charge on any atom is 0.432 e. The second-order valence-electron chi connectivity index (χ2n) is 1.61. The molecular weight excluding hydrogens is 143 g/mol. The highest BCUT2D eigenvalue weighted by Gasteiger charge is 2.29. The molecule has 0 radical (unpaired) electrons. The molecule has 1 N–H and O–H groups in total. The fourth-order valence-corrected chi connectivity index (χ4v) is 0.794. The summed E-state index contributed by atoms with van der Waals surface area (Å²) in [5, 5.41) is 9.72. The monoisotopic (exact) mass is 148 g/mol. The topological polar surface area (TPSA) is 60.6 Å². The Labute approximate surface area is 53.1 Å². The van der Waals surface area contributed by atoms with Crippen molar-refractivity contribution in [3.05, 3.63) is 0 Å². The van der Waals surface area contributed by atoms with E-state index in [4.69, 9.17) is 5.11 Å². The van der Waals surface area contributed by atoms with Crippen molar-refractivity contribution in [2.24, 2.45) is 0 Å². The second kappa shape index (κ2) is 2.29. The molecule has 1 heterocycles. The first-order valence-corrected chi connectivity index (χ1v) is 3.13. The Balaban J connectivity index is 2.47. The minimum Gasteiger partial charge on any atom is -0.463 e. The van der Waals surface area contributed by atoms with Crippen LogP contribution in [0.5, 0.6) is 0 Å². The highest BCUT2D eigenvalue weighted by atomic mass is 31.1. The summed E-state index contributed by atoms with van der Waals surface area (Å²) in [5.74, 6) is 0. The van der Waals surface area contributed by atoms with Gasteiger partial charge in [-0.25, -0.2) is 14.4 Å². The molecule has 0 aromatic carbocycles. The van der Waals surface area contributed by atoms with Gasteiger partial charge in [0.15, 0.2) is 0 Å². The van der Waals surface area contributed by atoms with Gasteiger partial charge in [0.1, 0.15) is 0 Å². The van der Waals surface area contributed by atoms with E-state index in [1.807, 2.05) is 0 Å². The number of hydrogen-bond acceptors (Lipinski definition) is 3. The first-order chi connectivity index (χ1) is 4.25. The summed E-state index contributed by atoms with van der Waals surface area (Å²) >= 11 is 0. The van der Waals surface area contributed by atoms with Gasteiger partial charge in [0.05, 0.1) is 0 Å². The number of rotatable bonds is 2. The van der Waals surface area contributed by atoms with Crippen LogP contribution in [-0.4, -0.2) is 34.1 Å². The molecule has 1 amide bonds. The van der Waals surface area contributed by atoms with Gasteiger partial charge in [0.2, 0.25) is 0 Å². The Morgan fingerprint density at radius 3 is 2.33 bits per heavy atom. The summed E-state index contributed by atoms with van der Waals surface area (Å²) in [4.78, 5) is 10.1. The molecule has 1 fully saturated rings. The van der Waals surface area contributed by atoms with Crippen LogP contribution in [0.3, 0.4) is 0 Å². The van der Waals surface area contributed by atoms with Crippen molar-refractivity contribution < 1.29 is 14.5 Å². The van der Waals surface area contributed by atoms with Crippen LogP contribution in [0, 0.1) is 0 Å². The Morgan fingerprint density at radius 2 is 2.22 bits per heavy atom. The summed E-state index contributed by atoms with van der Waals surface area (Å²) in [6.07, 6.45) is -1.18. The Morgan fingerprint density at radius 1 is 1.67 bits per heavy atom. The standard InChI is InChI=1S/C3H5N2O3P/c6-3(7)5(9-8)4-1-2-4/h1-2H2,(H,6,7). The van der Waals surface area contributed by atoms with Crippen LogP contribution < -0.4 is 0 Å². The molecule has 1 rings (SSSR count). The van der Waals surface area contributed by atoms with Crippen LogP contribution in [0.4, 0.5) is 4.79 Å². The minimum absolute atomic E-state index is 0.480. The highest BCUT2D eigenvalue weighted by Crippen LogP contribution is 2.17. The van der Waals surface area contributed by atoms with E-state index in [1.54, 1.807) is 0 Å². The zero-order chi connectivity index (χ0) is 6.85. The van der Waals surface area contributed by atoms with E-state index >= 15 is 0 Å². The third kappa shape index (κ3) is 1.37. The Bertz CT molecular complexity index is 146. The summed E-state index contributed by atoms with van der Waals surface area (Å²) in [7, 11) is -0.480. The van der Waals surface area contributed by atoms with Gasteiger partial charge in [0.25, 0.3) is 0 Å². The fourth-order valence-electron chi connectivity index (χ4n) is 0.442.